The third kappa shape index (κ3) is 3.43. The normalized spacial score (nSPS) is 15.8. The van der Waals surface area contributed by atoms with E-state index in [0.29, 0.717) is 0 Å². The molecule has 7 nitrogen and oxygen atoms in total. The smallest absolute Gasteiger partial charge is 0.418 e. The summed E-state index contributed by atoms with van der Waals surface area (Å²) in [7, 11) is 0. The van der Waals surface area contributed by atoms with Gasteiger partial charge in [0, 0.05) is 6.54 Å². The van der Waals surface area contributed by atoms with Crippen LogP contribution in [-0.4, -0.2) is 45.7 Å². The van der Waals surface area contributed by atoms with E-state index in [2.05, 4.69) is 9.97 Å². The van der Waals surface area contributed by atoms with Crippen molar-refractivity contribution in [3.63, 3.8) is 0 Å². The molecule has 2 aromatic heterocycles. The monoisotopic (exact) mass is 388 g/mol. The maximum atomic E-state index is 13.3. The molecule has 0 aromatic carbocycles. The fraction of sp³-hybridized carbons (Fsp3) is 0.467. The second-order valence-electron chi connectivity index (χ2n) is 6.60. The second kappa shape index (κ2) is 6.08. The zero-order chi connectivity index (χ0) is 19.3. The van der Waals surface area contributed by atoms with Crippen LogP contribution in [0.2, 0.25) is 0 Å². The van der Waals surface area contributed by atoms with Gasteiger partial charge in [0.05, 0.1) is 17.6 Å². The Morgan fingerprint density at radius 3 is 2.58 bits per heavy atom. The Labute approximate surface area is 150 Å². The summed E-state index contributed by atoms with van der Waals surface area (Å²) in [6.07, 6.45) is -5.49. The number of pyridine rings is 1. The molecule has 0 aliphatic carbocycles. The van der Waals surface area contributed by atoms with Crippen molar-refractivity contribution in [1.82, 2.24) is 14.9 Å². The van der Waals surface area contributed by atoms with Crippen LogP contribution in [0.5, 0.6) is 0 Å². The van der Waals surface area contributed by atoms with Crippen LogP contribution in [0.1, 0.15) is 26.3 Å². The third-order valence-electron chi connectivity index (χ3n) is 3.50. The van der Waals surface area contributed by atoms with Crippen LogP contribution in [0, 0.1) is 0 Å². The van der Waals surface area contributed by atoms with Gasteiger partial charge in [-0.2, -0.15) is 13.2 Å². The largest absolute Gasteiger partial charge is 0.443 e. The number of imide groups is 1. The number of ether oxygens (including phenoxy) is 1. The quantitative estimate of drug-likeness (QED) is 0.741. The van der Waals surface area contributed by atoms with E-state index in [4.69, 9.17) is 4.74 Å². The molecule has 11 heteroatoms. The maximum Gasteiger partial charge on any atom is 0.418 e. The summed E-state index contributed by atoms with van der Waals surface area (Å²) in [4.78, 5) is 34.3. The van der Waals surface area contributed by atoms with Gasteiger partial charge in [-0.3, -0.25) is 4.90 Å². The molecule has 140 valence electrons. The topological polar surface area (TPSA) is 75.6 Å². The highest BCUT2D eigenvalue weighted by molar-refractivity contribution is 7.16. The lowest BCUT2D eigenvalue weighted by molar-refractivity contribution is -0.136. The summed E-state index contributed by atoms with van der Waals surface area (Å²) in [6.45, 7) is 4.97. The minimum atomic E-state index is -4.64. The molecule has 0 saturated carbocycles. The molecule has 3 heterocycles. The molecule has 1 aliphatic heterocycles. The van der Waals surface area contributed by atoms with Gasteiger partial charge in [0.1, 0.15) is 21.8 Å². The van der Waals surface area contributed by atoms with Gasteiger partial charge >= 0.3 is 18.3 Å². The molecular formula is C15H15F3N4O3S. The minimum Gasteiger partial charge on any atom is -0.443 e. The predicted molar refractivity (Wildman–Crippen MR) is 88.1 cm³/mol. The standard InChI is InChI=1S/C15H15F3N4O3S/c1-14(2,3)25-13(24)22-5-4-21(12(22)23)9-6-8(15(16,17)18)10-11(20-9)26-7-19-10/h6-7H,4-5H2,1-3H3. The van der Waals surface area contributed by atoms with Gasteiger partial charge < -0.3 is 4.74 Å². The third-order valence-corrected chi connectivity index (χ3v) is 4.22. The fourth-order valence-electron chi connectivity index (χ4n) is 2.43. The molecule has 3 rings (SSSR count). The van der Waals surface area contributed by atoms with Crippen LogP contribution >= 0.6 is 11.3 Å². The number of aromatic nitrogens is 2. The van der Waals surface area contributed by atoms with E-state index in [1.165, 1.54) is 5.51 Å². The molecule has 2 aromatic rings. The van der Waals surface area contributed by atoms with Gasteiger partial charge in [-0.1, -0.05) is 0 Å². The number of fused-ring (bicyclic) bond motifs is 1. The number of amides is 3. The van der Waals surface area contributed by atoms with Crippen LogP contribution in [-0.2, 0) is 10.9 Å². The number of alkyl halides is 3. The number of thiazole rings is 1. The van der Waals surface area contributed by atoms with Crippen molar-refractivity contribution in [1.29, 1.82) is 0 Å². The first-order valence-electron chi connectivity index (χ1n) is 7.61. The maximum absolute atomic E-state index is 13.3. The zero-order valence-corrected chi connectivity index (χ0v) is 14.9. The summed E-state index contributed by atoms with van der Waals surface area (Å²) in [5.41, 5.74) is -0.770. The predicted octanol–water partition coefficient (Wildman–Crippen LogP) is 3.89. The molecular weight excluding hydrogens is 373 g/mol. The summed E-state index contributed by atoms with van der Waals surface area (Å²) < 4.78 is 45.0. The molecule has 0 radical (unpaired) electrons. The Bertz CT molecular complexity index is 875. The molecule has 0 atom stereocenters. The molecule has 0 spiro atoms. The first kappa shape index (κ1) is 18.4. The van der Waals surface area contributed by atoms with E-state index < -0.39 is 29.5 Å². The number of carbonyl (C=O) groups excluding carboxylic acids is 2. The highest BCUT2D eigenvalue weighted by Crippen LogP contribution is 2.37. The number of halogens is 3. The first-order valence-corrected chi connectivity index (χ1v) is 8.49. The van der Waals surface area contributed by atoms with Crippen molar-refractivity contribution in [3.05, 3.63) is 17.1 Å². The Morgan fingerprint density at radius 1 is 1.27 bits per heavy atom. The van der Waals surface area contributed by atoms with Gasteiger partial charge in [0.25, 0.3) is 0 Å². The molecule has 1 fully saturated rings. The van der Waals surface area contributed by atoms with Crippen molar-refractivity contribution in [2.45, 2.75) is 32.5 Å². The second-order valence-corrected chi connectivity index (χ2v) is 7.43. The summed E-state index contributed by atoms with van der Waals surface area (Å²) in [5.74, 6) is -0.176. The van der Waals surface area contributed by atoms with E-state index in [9.17, 15) is 22.8 Å². The average molecular weight is 388 g/mol. The van der Waals surface area contributed by atoms with Gasteiger partial charge in [0.15, 0.2) is 0 Å². The van der Waals surface area contributed by atoms with Crippen molar-refractivity contribution in [3.8, 4) is 0 Å². The highest BCUT2D eigenvalue weighted by atomic mass is 32.1. The van der Waals surface area contributed by atoms with E-state index in [-0.39, 0.29) is 29.3 Å². The van der Waals surface area contributed by atoms with Crippen LogP contribution in [0.15, 0.2) is 11.6 Å². The lowest BCUT2D eigenvalue weighted by Gasteiger charge is -2.23. The zero-order valence-electron chi connectivity index (χ0n) is 14.1. The van der Waals surface area contributed by atoms with E-state index in [1.807, 2.05) is 0 Å². The molecule has 3 amide bonds. The lowest BCUT2D eigenvalue weighted by Crippen LogP contribution is -2.40. The number of anilines is 1. The molecule has 26 heavy (non-hydrogen) atoms. The van der Waals surface area contributed by atoms with Gasteiger partial charge in [-0.15, -0.1) is 11.3 Å². The minimum absolute atomic E-state index is 0.00247. The van der Waals surface area contributed by atoms with E-state index >= 15 is 0 Å². The van der Waals surface area contributed by atoms with Gasteiger partial charge in [-0.05, 0) is 26.8 Å². The summed E-state index contributed by atoms with van der Waals surface area (Å²) >= 11 is 0.941. The first-order chi connectivity index (χ1) is 12.0. The van der Waals surface area contributed by atoms with Crippen LogP contribution in [0.4, 0.5) is 28.6 Å². The fourth-order valence-corrected chi connectivity index (χ4v) is 3.11. The van der Waals surface area contributed by atoms with E-state index in [1.54, 1.807) is 20.8 Å². The Balaban J connectivity index is 1.93. The number of hydrogen-bond donors (Lipinski definition) is 0. The molecule has 0 N–H and O–H groups in total. The molecule has 0 unspecified atom stereocenters. The summed E-state index contributed by atoms with van der Waals surface area (Å²) in [5, 5.41) is 0. The number of rotatable bonds is 1. The van der Waals surface area contributed by atoms with Crippen molar-refractivity contribution < 1.29 is 27.5 Å². The van der Waals surface area contributed by atoms with Gasteiger partial charge in [-0.25, -0.2) is 24.5 Å². The SMILES string of the molecule is CC(C)(C)OC(=O)N1CCN(c2cc(C(F)(F)F)c3ncsc3n2)C1=O. The Hall–Kier alpha value is -2.43. The number of carbonyl (C=O) groups is 2. The number of nitrogens with zero attached hydrogens (tertiary/aromatic N) is 4. The van der Waals surface area contributed by atoms with Crippen molar-refractivity contribution >= 4 is 39.6 Å². The van der Waals surface area contributed by atoms with Crippen molar-refractivity contribution in [2.24, 2.45) is 0 Å². The van der Waals surface area contributed by atoms with Crippen LogP contribution in [0.25, 0.3) is 10.3 Å². The average Bonchev–Trinajstić information content (AvgIpc) is 3.09. The van der Waals surface area contributed by atoms with Crippen LogP contribution < -0.4 is 4.90 Å². The van der Waals surface area contributed by atoms with Gasteiger partial charge in [0.2, 0.25) is 0 Å². The number of urea groups is 1. The van der Waals surface area contributed by atoms with Crippen molar-refractivity contribution in [2.75, 3.05) is 18.0 Å². The Morgan fingerprint density at radius 2 is 1.96 bits per heavy atom. The number of hydrogen-bond acceptors (Lipinski definition) is 6. The van der Waals surface area contributed by atoms with Crippen LogP contribution in [0.3, 0.4) is 0 Å². The van der Waals surface area contributed by atoms with E-state index in [0.717, 1.165) is 27.2 Å². The lowest BCUT2D eigenvalue weighted by atomic mass is 10.2. The molecule has 0 bridgehead atoms. The highest BCUT2D eigenvalue weighted by Gasteiger charge is 2.40. The Kier molecular flexibility index (Phi) is 4.29. The molecule has 1 saturated heterocycles. The summed E-state index contributed by atoms with van der Waals surface area (Å²) in [6, 6.07) is 0.00202. The molecule has 1 aliphatic rings.